The third-order valence-electron chi connectivity index (χ3n) is 3.88. The van der Waals surface area contributed by atoms with Crippen LogP contribution in [0.4, 0.5) is 5.69 Å². The maximum atomic E-state index is 13.1. The van der Waals surface area contributed by atoms with E-state index in [2.05, 4.69) is 5.32 Å². The number of benzene rings is 2. The fourth-order valence-corrected chi connectivity index (χ4v) is 3.97. The molecule has 0 radical (unpaired) electrons. The Morgan fingerprint density at radius 3 is 2.23 bits per heavy atom. The van der Waals surface area contributed by atoms with Crippen LogP contribution in [0, 0.1) is 6.92 Å². The van der Waals surface area contributed by atoms with E-state index in [-0.39, 0.29) is 17.3 Å². The molecule has 2 rings (SSSR count). The van der Waals surface area contributed by atoms with Gasteiger partial charge >= 0.3 is 0 Å². The molecule has 1 N–H and O–H groups in total. The van der Waals surface area contributed by atoms with Gasteiger partial charge in [-0.25, -0.2) is 8.42 Å². The number of nitrogens with one attached hydrogen (secondary N) is 1. The van der Waals surface area contributed by atoms with E-state index in [1.54, 1.807) is 30.3 Å². The van der Waals surface area contributed by atoms with Crippen LogP contribution in [0.2, 0.25) is 0 Å². The van der Waals surface area contributed by atoms with E-state index in [4.69, 9.17) is 0 Å². The van der Waals surface area contributed by atoms with Gasteiger partial charge in [-0.2, -0.15) is 0 Å². The standard InChI is InChI=1S/C19H25N3O3S/c1-16-9-7-8-12-18(16)22(15-19(23)20-13-14-21(2)3)26(24,25)17-10-5-4-6-11-17/h4-12H,13-15H2,1-3H3,(H,20,23). The van der Waals surface area contributed by atoms with E-state index < -0.39 is 10.0 Å². The van der Waals surface area contributed by atoms with Crippen LogP contribution in [0.3, 0.4) is 0 Å². The molecule has 2 aromatic carbocycles. The number of carbonyl (C=O) groups excluding carboxylic acids is 1. The summed E-state index contributed by atoms with van der Waals surface area (Å²) in [4.78, 5) is 14.5. The lowest BCUT2D eigenvalue weighted by atomic mass is 10.2. The van der Waals surface area contributed by atoms with Gasteiger partial charge in [-0.05, 0) is 44.8 Å². The Hall–Kier alpha value is -2.38. The normalized spacial score (nSPS) is 11.4. The van der Waals surface area contributed by atoms with Gasteiger partial charge in [-0.1, -0.05) is 36.4 Å². The highest BCUT2D eigenvalue weighted by Gasteiger charge is 2.27. The number of para-hydroxylation sites is 1. The Kier molecular flexibility index (Phi) is 6.76. The van der Waals surface area contributed by atoms with Crippen molar-refractivity contribution in [2.24, 2.45) is 0 Å². The molecule has 26 heavy (non-hydrogen) atoms. The van der Waals surface area contributed by atoms with E-state index in [1.165, 1.54) is 16.4 Å². The minimum Gasteiger partial charge on any atom is -0.353 e. The Labute approximate surface area is 155 Å². The number of carbonyl (C=O) groups is 1. The van der Waals surface area contributed by atoms with Crippen LogP contribution in [0.25, 0.3) is 0 Å². The van der Waals surface area contributed by atoms with E-state index >= 15 is 0 Å². The zero-order chi connectivity index (χ0) is 19.2. The number of sulfonamides is 1. The first-order valence-electron chi connectivity index (χ1n) is 8.37. The molecule has 140 valence electrons. The Morgan fingerprint density at radius 2 is 1.62 bits per heavy atom. The molecule has 0 aliphatic rings. The molecule has 0 spiro atoms. The van der Waals surface area contributed by atoms with Crippen molar-refractivity contribution in [1.82, 2.24) is 10.2 Å². The summed E-state index contributed by atoms with van der Waals surface area (Å²) in [6.45, 7) is 2.70. The van der Waals surface area contributed by atoms with Gasteiger partial charge in [0.1, 0.15) is 6.54 Å². The van der Waals surface area contributed by atoms with Crippen LogP contribution in [-0.4, -0.2) is 53.0 Å². The van der Waals surface area contributed by atoms with Gasteiger partial charge in [-0.15, -0.1) is 0 Å². The second-order valence-corrected chi connectivity index (χ2v) is 8.13. The molecular formula is C19H25N3O3S. The van der Waals surface area contributed by atoms with Crippen molar-refractivity contribution in [2.45, 2.75) is 11.8 Å². The van der Waals surface area contributed by atoms with Crippen LogP contribution in [0.15, 0.2) is 59.5 Å². The largest absolute Gasteiger partial charge is 0.353 e. The molecule has 0 atom stereocenters. The molecule has 0 aliphatic carbocycles. The summed E-state index contributed by atoms with van der Waals surface area (Å²) in [5.41, 5.74) is 1.28. The first-order valence-corrected chi connectivity index (χ1v) is 9.81. The minimum atomic E-state index is -3.85. The van der Waals surface area contributed by atoms with Crippen molar-refractivity contribution in [3.8, 4) is 0 Å². The molecule has 0 unspecified atom stereocenters. The van der Waals surface area contributed by atoms with Gasteiger partial charge in [0.2, 0.25) is 5.91 Å². The monoisotopic (exact) mass is 375 g/mol. The third kappa shape index (κ3) is 5.06. The van der Waals surface area contributed by atoms with Crippen LogP contribution in [-0.2, 0) is 14.8 Å². The summed E-state index contributed by atoms with van der Waals surface area (Å²) < 4.78 is 27.4. The number of rotatable bonds is 8. The molecule has 6 nitrogen and oxygen atoms in total. The molecule has 0 saturated heterocycles. The molecular weight excluding hydrogens is 350 g/mol. The number of anilines is 1. The highest BCUT2D eigenvalue weighted by Crippen LogP contribution is 2.26. The Balaban J connectivity index is 2.32. The molecule has 2 aromatic rings. The number of hydrogen-bond donors (Lipinski definition) is 1. The predicted molar refractivity (Wildman–Crippen MR) is 104 cm³/mol. The quantitative estimate of drug-likeness (QED) is 0.765. The maximum Gasteiger partial charge on any atom is 0.264 e. The summed E-state index contributed by atoms with van der Waals surface area (Å²) >= 11 is 0. The van der Waals surface area contributed by atoms with Crippen LogP contribution < -0.4 is 9.62 Å². The lowest BCUT2D eigenvalue weighted by molar-refractivity contribution is -0.119. The van der Waals surface area contributed by atoms with Crippen LogP contribution >= 0.6 is 0 Å². The maximum absolute atomic E-state index is 13.1. The van der Waals surface area contributed by atoms with Crippen molar-refractivity contribution in [3.05, 3.63) is 60.2 Å². The van der Waals surface area contributed by atoms with Gasteiger partial charge in [0.15, 0.2) is 0 Å². The first-order chi connectivity index (χ1) is 12.3. The fraction of sp³-hybridized carbons (Fsp3) is 0.316. The molecule has 0 saturated carbocycles. The lowest BCUT2D eigenvalue weighted by Gasteiger charge is -2.25. The molecule has 0 heterocycles. The smallest absolute Gasteiger partial charge is 0.264 e. The highest BCUT2D eigenvalue weighted by molar-refractivity contribution is 7.92. The molecule has 7 heteroatoms. The molecule has 0 aromatic heterocycles. The summed E-state index contributed by atoms with van der Waals surface area (Å²) in [6.07, 6.45) is 0. The molecule has 0 fully saturated rings. The number of nitrogens with zero attached hydrogens (tertiary/aromatic N) is 2. The predicted octanol–water partition coefficient (Wildman–Crippen LogP) is 1.87. The lowest BCUT2D eigenvalue weighted by Crippen LogP contribution is -2.42. The Bertz CT molecular complexity index is 836. The SMILES string of the molecule is Cc1ccccc1N(CC(=O)NCCN(C)C)S(=O)(=O)c1ccccc1. The summed E-state index contributed by atoms with van der Waals surface area (Å²) in [7, 11) is -0.0342. The van der Waals surface area contributed by atoms with Gasteiger partial charge in [0.25, 0.3) is 10.0 Å². The molecule has 1 amide bonds. The number of amides is 1. The summed E-state index contributed by atoms with van der Waals surface area (Å²) in [6, 6.07) is 15.3. The van der Waals surface area contributed by atoms with Crippen molar-refractivity contribution >= 4 is 21.6 Å². The van der Waals surface area contributed by atoms with Crippen molar-refractivity contribution in [3.63, 3.8) is 0 Å². The van der Waals surface area contributed by atoms with Crippen molar-refractivity contribution in [2.75, 3.05) is 38.0 Å². The first kappa shape index (κ1) is 19.9. The van der Waals surface area contributed by atoms with E-state index in [0.29, 0.717) is 18.8 Å². The summed E-state index contributed by atoms with van der Waals surface area (Å²) in [5, 5.41) is 2.77. The highest BCUT2D eigenvalue weighted by atomic mass is 32.2. The number of aryl methyl sites for hydroxylation is 1. The number of likely N-dealkylation sites (N-methyl/N-ethyl adjacent to an activating group) is 1. The Morgan fingerprint density at radius 1 is 1.00 bits per heavy atom. The number of hydrogen-bond acceptors (Lipinski definition) is 4. The van der Waals surface area contributed by atoms with Gasteiger partial charge in [0, 0.05) is 13.1 Å². The minimum absolute atomic E-state index is 0.157. The second kappa shape index (κ2) is 8.82. The third-order valence-corrected chi connectivity index (χ3v) is 5.66. The van der Waals surface area contributed by atoms with Crippen molar-refractivity contribution < 1.29 is 13.2 Å². The van der Waals surface area contributed by atoms with Gasteiger partial charge in [-0.3, -0.25) is 9.10 Å². The van der Waals surface area contributed by atoms with Crippen molar-refractivity contribution in [1.29, 1.82) is 0 Å². The fourth-order valence-electron chi connectivity index (χ4n) is 2.47. The topological polar surface area (TPSA) is 69.7 Å². The van der Waals surface area contributed by atoms with E-state index in [1.807, 2.05) is 38.1 Å². The zero-order valence-corrected chi connectivity index (χ0v) is 16.2. The summed E-state index contributed by atoms with van der Waals surface area (Å²) in [5.74, 6) is -0.338. The molecule has 0 bridgehead atoms. The molecule has 0 aliphatic heterocycles. The van der Waals surface area contributed by atoms with E-state index in [0.717, 1.165) is 5.56 Å². The van der Waals surface area contributed by atoms with E-state index in [9.17, 15) is 13.2 Å². The van der Waals surface area contributed by atoms with Crippen LogP contribution in [0.1, 0.15) is 5.56 Å². The van der Waals surface area contributed by atoms with Gasteiger partial charge < -0.3 is 10.2 Å². The average Bonchev–Trinajstić information content (AvgIpc) is 2.61. The second-order valence-electron chi connectivity index (χ2n) is 6.26. The van der Waals surface area contributed by atoms with Gasteiger partial charge in [0.05, 0.1) is 10.6 Å². The van der Waals surface area contributed by atoms with Crippen LogP contribution in [0.5, 0.6) is 0 Å². The zero-order valence-electron chi connectivity index (χ0n) is 15.3. The average molecular weight is 375 g/mol.